The fraction of sp³-hybridized carbons (Fsp3) is 0.417. The summed E-state index contributed by atoms with van der Waals surface area (Å²) in [4.78, 5) is 11.9. The van der Waals surface area contributed by atoms with Crippen LogP contribution in [0.3, 0.4) is 0 Å². The minimum absolute atomic E-state index is 0.00629. The van der Waals surface area contributed by atoms with Gasteiger partial charge in [-0.25, -0.2) is 13.6 Å². The number of halogens is 5. The predicted molar refractivity (Wildman–Crippen MR) is 62.5 cm³/mol. The van der Waals surface area contributed by atoms with Gasteiger partial charge < -0.3 is 15.0 Å². The lowest BCUT2D eigenvalue weighted by Crippen LogP contribution is -2.54. The largest absolute Gasteiger partial charge is 0.491 e. The summed E-state index contributed by atoms with van der Waals surface area (Å²) in [6, 6.07) is 3.08. The molecule has 1 unspecified atom stereocenters. The third-order valence-corrected chi connectivity index (χ3v) is 2.90. The highest BCUT2D eigenvalue weighted by Crippen LogP contribution is 2.27. The number of benzene rings is 1. The quantitative estimate of drug-likeness (QED) is 0.668. The normalized spacial score (nSPS) is 19.5. The van der Waals surface area contributed by atoms with E-state index in [4.69, 9.17) is 0 Å². The van der Waals surface area contributed by atoms with Crippen LogP contribution in [-0.4, -0.2) is 38.0 Å². The van der Waals surface area contributed by atoms with Crippen molar-refractivity contribution in [3.63, 3.8) is 0 Å². The van der Waals surface area contributed by atoms with Gasteiger partial charge in [0.25, 0.3) is 0 Å². The van der Waals surface area contributed by atoms with E-state index < -0.39 is 35.7 Å². The van der Waals surface area contributed by atoms with Crippen molar-refractivity contribution in [3.8, 4) is 0 Å². The van der Waals surface area contributed by atoms with Gasteiger partial charge in [0, 0.05) is 13.1 Å². The number of hydrogen-bond acceptors (Lipinski definition) is 4. The van der Waals surface area contributed by atoms with Gasteiger partial charge in [0.15, 0.2) is 6.23 Å². The third-order valence-electron chi connectivity index (χ3n) is 2.90. The van der Waals surface area contributed by atoms with Gasteiger partial charge in [0.1, 0.15) is 17.3 Å². The Morgan fingerprint density at radius 3 is 2.48 bits per heavy atom. The van der Waals surface area contributed by atoms with E-state index in [-0.39, 0.29) is 19.6 Å². The third kappa shape index (κ3) is 3.41. The Morgan fingerprint density at radius 1 is 1.29 bits per heavy atom. The van der Waals surface area contributed by atoms with Gasteiger partial charge in [0.2, 0.25) is 0 Å². The standard InChI is InChI=1S/C12H11F5N2O2/c13-7-2-1-3-8(14)10(7)19-5-4-18-6-9(19)21-11(20)12(15,16)17/h1-3,9,18H,4-6H2. The lowest BCUT2D eigenvalue weighted by atomic mass is 10.2. The summed E-state index contributed by atoms with van der Waals surface area (Å²) < 4.78 is 68.4. The predicted octanol–water partition coefficient (Wildman–Crippen LogP) is 1.81. The monoisotopic (exact) mass is 310 g/mol. The van der Waals surface area contributed by atoms with Gasteiger partial charge >= 0.3 is 12.1 Å². The number of carbonyl (C=O) groups excluding carboxylic acids is 1. The molecule has 1 aromatic rings. The Morgan fingerprint density at radius 2 is 1.90 bits per heavy atom. The molecule has 1 aromatic carbocycles. The van der Waals surface area contributed by atoms with Crippen molar-refractivity contribution in [2.24, 2.45) is 0 Å². The van der Waals surface area contributed by atoms with Gasteiger partial charge in [-0.15, -0.1) is 0 Å². The number of rotatable bonds is 2. The molecule has 1 aliphatic rings. The van der Waals surface area contributed by atoms with E-state index in [2.05, 4.69) is 10.1 Å². The maximum Gasteiger partial charge on any atom is 0.491 e. The zero-order valence-electron chi connectivity index (χ0n) is 10.6. The Labute approximate surface area is 116 Å². The molecule has 1 heterocycles. The number of nitrogens with zero attached hydrogens (tertiary/aromatic N) is 1. The first-order valence-electron chi connectivity index (χ1n) is 6.00. The van der Waals surface area contributed by atoms with Crippen molar-refractivity contribution in [3.05, 3.63) is 29.8 Å². The first-order chi connectivity index (χ1) is 9.80. The van der Waals surface area contributed by atoms with Crippen LogP contribution >= 0.6 is 0 Å². The van der Waals surface area contributed by atoms with Gasteiger partial charge in [-0.1, -0.05) is 6.07 Å². The van der Waals surface area contributed by atoms with Crippen LogP contribution in [0.2, 0.25) is 0 Å². The lowest BCUT2D eigenvalue weighted by molar-refractivity contribution is -0.205. The van der Waals surface area contributed by atoms with Crippen LogP contribution in [0.25, 0.3) is 0 Å². The second kappa shape index (κ2) is 5.84. The topological polar surface area (TPSA) is 41.6 Å². The molecule has 0 bridgehead atoms. The first kappa shape index (κ1) is 15.5. The Bertz CT molecular complexity index is 515. The summed E-state index contributed by atoms with van der Waals surface area (Å²) in [5.41, 5.74) is -0.515. The molecular weight excluding hydrogens is 299 g/mol. The minimum Gasteiger partial charge on any atom is -0.433 e. The summed E-state index contributed by atoms with van der Waals surface area (Å²) in [6.45, 7) is 0.108. The number of ether oxygens (including phenoxy) is 1. The van der Waals surface area contributed by atoms with E-state index in [1.165, 1.54) is 0 Å². The van der Waals surface area contributed by atoms with Gasteiger partial charge in [-0.05, 0) is 12.1 Å². The zero-order chi connectivity index (χ0) is 15.6. The van der Waals surface area contributed by atoms with Crippen LogP contribution in [0.15, 0.2) is 18.2 Å². The van der Waals surface area contributed by atoms with E-state index in [1.807, 2.05) is 0 Å². The molecule has 1 N–H and O–H groups in total. The second-order valence-corrected chi connectivity index (χ2v) is 4.33. The van der Waals surface area contributed by atoms with Crippen molar-refractivity contribution in [2.75, 3.05) is 24.5 Å². The van der Waals surface area contributed by atoms with Crippen LogP contribution < -0.4 is 10.2 Å². The maximum atomic E-state index is 13.7. The Balaban J connectivity index is 2.26. The van der Waals surface area contributed by atoms with Crippen LogP contribution in [-0.2, 0) is 9.53 Å². The molecule has 0 spiro atoms. The summed E-state index contributed by atoms with van der Waals surface area (Å²) in [5.74, 6) is -4.28. The molecule has 0 saturated carbocycles. The number of anilines is 1. The lowest BCUT2D eigenvalue weighted by Gasteiger charge is -2.37. The van der Waals surface area contributed by atoms with Crippen LogP contribution in [0.1, 0.15) is 0 Å². The number of piperazine rings is 1. The fourth-order valence-electron chi connectivity index (χ4n) is 1.99. The number of alkyl halides is 3. The van der Waals surface area contributed by atoms with E-state index in [0.29, 0.717) is 0 Å². The SMILES string of the molecule is O=C(OC1CNCCN1c1c(F)cccc1F)C(F)(F)F. The van der Waals surface area contributed by atoms with Gasteiger partial charge in [-0.3, -0.25) is 0 Å². The van der Waals surface area contributed by atoms with E-state index in [9.17, 15) is 26.7 Å². The highest BCUT2D eigenvalue weighted by Gasteiger charge is 2.43. The molecule has 1 saturated heterocycles. The minimum atomic E-state index is -5.17. The molecule has 0 aliphatic carbocycles. The molecule has 9 heteroatoms. The van der Waals surface area contributed by atoms with Crippen LogP contribution in [0.4, 0.5) is 27.6 Å². The van der Waals surface area contributed by atoms with E-state index >= 15 is 0 Å². The molecule has 0 amide bonds. The molecule has 2 rings (SSSR count). The highest BCUT2D eigenvalue weighted by atomic mass is 19.4. The van der Waals surface area contributed by atoms with E-state index in [1.54, 1.807) is 0 Å². The molecule has 1 atom stereocenters. The zero-order valence-corrected chi connectivity index (χ0v) is 10.6. The van der Waals surface area contributed by atoms with Crippen molar-refractivity contribution >= 4 is 11.7 Å². The molecule has 4 nitrogen and oxygen atoms in total. The number of hydrogen-bond donors (Lipinski definition) is 1. The number of esters is 1. The average Bonchev–Trinajstić information content (AvgIpc) is 2.39. The fourth-order valence-corrected chi connectivity index (χ4v) is 1.99. The summed E-state index contributed by atoms with van der Waals surface area (Å²) in [6.07, 6.45) is -6.61. The first-order valence-corrected chi connectivity index (χ1v) is 6.00. The maximum absolute atomic E-state index is 13.7. The highest BCUT2D eigenvalue weighted by molar-refractivity contribution is 5.76. The number of nitrogens with one attached hydrogen (secondary N) is 1. The van der Waals surface area contributed by atoms with Crippen molar-refractivity contribution < 1.29 is 31.5 Å². The second-order valence-electron chi connectivity index (χ2n) is 4.33. The molecule has 1 fully saturated rings. The number of carbonyl (C=O) groups is 1. The smallest absolute Gasteiger partial charge is 0.433 e. The molecular formula is C12H11F5N2O2. The average molecular weight is 310 g/mol. The molecule has 116 valence electrons. The summed E-state index contributed by atoms with van der Waals surface area (Å²) in [5, 5.41) is 2.70. The molecule has 21 heavy (non-hydrogen) atoms. The summed E-state index contributed by atoms with van der Waals surface area (Å²) in [7, 11) is 0. The molecule has 0 aromatic heterocycles. The van der Waals surface area contributed by atoms with Gasteiger partial charge in [0.05, 0.1) is 6.54 Å². The summed E-state index contributed by atoms with van der Waals surface area (Å²) >= 11 is 0. The molecule has 0 radical (unpaired) electrons. The van der Waals surface area contributed by atoms with E-state index in [0.717, 1.165) is 23.1 Å². The van der Waals surface area contributed by atoms with Crippen LogP contribution in [0, 0.1) is 11.6 Å². The van der Waals surface area contributed by atoms with Crippen molar-refractivity contribution in [1.82, 2.24) is 5.32 Å². The Kier molecular flexibility index (Phi) is 4.31. The van der Waals surface area contributed by atoms with Crippen molar-refractivity contribution in [1.29, 1.82) is 0 Å². The van der Waals surface area contributed by atoms with Crippen LogP contribution in [0.5, 0.6) is 0 Å². The number of para-hydroxylation sites is 1. The van der Waals surface area contributed by atoms with Crippen molar-refractivity contribution in [2.45, 2.75) is 12.4 Å². The Hall–Kier alpha value is -1.90. The molecule has 1 aliphatic heterocycles. The van der Waals surface area contributed by atoms with Gasteiger partial charge in [-0.2, -0.15) is 13.2 Å².